The van der Waals surface area contributed by atoms with Crippen molar-refractivity contribution in [2.75, 3.05) is 32.4 Å². The van der Waals surface area contributed by atoms with Gasteiger partial charge in [0.1, 0.15) is 5.75 Å². The van der Waals surface area contributed by atoms with Gasteiger partial charge >= 0.3 is 0 Å². The zero-order chi connectivity index (χ0) is 18.6. The van der Waals surface area contributed by atoms with Crippen LogP contribution in [-0.4, -0.2) is 61.6 Å². The van der Waals surface area contributed by atoms with E-state index < -0.39 is 14.6 Å². The summed E-state index contributed by atoms with van der Waals surface area (Å²) in [5.74, 6) is 1.26. The minimum Gasteiger partial charge on any atom is -0.508 e. The smallest absolute Gasteiger partial charge is 0.193 e. The molecule has 1 saturated carbocycles. The second kappa shape index (κ2) is 7.86. The predicted molar refractivity (Wildman–Crippen MR) is 104 cm³/mol. The molecule has 2 fully saturated rings. The Labute approximate surface area is 156 Å². The number of hydrogen-bond donors (Lipinski definition) is 2. The van der Waals surface area contributed by atoms with Crippen LogP contribution in [0.15, 0.2) is 29.3 Å². The number of rotatable bonds is 3. The van der Waals surface area contributed by atoms with E-state index in [1.807, 2.05) is 12.1 Å². The van der Waals surface area contributed by atoms with Crippen LogP contribution in [0.1, 0.15) is 37.7 Å². The van der Waals surface area contributed by atoms with Crippen LogP contribution in [0.3, 0.4) is 0 Å². The van der Waals surface area contributed by atoms with E-state index in [4.69, 9.17) is 0 Å². The summed E-state index contributed by atoms with van der Waals surface area (Å²) >= 11 is 0. The summed E-state index contributed by atoms with van der Waals surface area (Å²) in [6, 6.07) is 7.19. The van der Waals surface area contributed by atoms with Crippen molar-refractivity contribution in [1.29, 1.82) is 0 Å². The fraction of sp³-hybridized carbons (Fsp3) is 0.632. The van der Waals surface area contributed by atoms with E-state index >= 15 is 0 Å². The van der Waals surface area contributed by atoms with Crippen molar-refractivity contribution in [3.63, 3.8) is 0 Å². The number of sulfone groups is 1. The number of nitrogens with one attached hydrogen (secondary N) is 1. The minimum absolute atomic E-state index is 0.214. The Kier molecular flexibility index (Phi) is 5.75. The van der Waals surface area contributed by atoms with Gasteiger partial charge in [-0.15, -0.1) is 0 Å². The van der Waals surface area contributed by atoms with Crippen LogP contribution in [0, 0.1) is 0 Å². The van der Waals surface area contributed by atoms with E-state index in [2.05, 4.69) is 15.2 Å². The Morgan fingerprint density at radius 3 is 2.58 bits per heavy atom. The molecule has 3 rings (SSSR count). The molecule has 6 nitrogen and oxygen atoms in total. The number of benzene rings is 1. The molecule has 1 aliphatic carbocycles. The number of phenolic OH excluding ortho intramolecular Hbond substituents is 1. The third-order valence-corrected chi connectivity index (χ3v) is 8.25. The summed E-state index contributed by atoms with van der Waals surface area (Å²) in [5.41, 5.74) is 1.13. The van der Waals surface area contributed by atoms with Gasteiger partial charge in [0.15, 0.2) is 15.8 Å². The summed E-state index contributed by atoms with van der Waals surface area (Å²) in [5, 5.41) is 12.7. The van der Waals surface area contributed by atoms with E-state index in [9.17, 15) is 13.5 Å². The lowest BCUT2D eigenvalue weighted by Crippen LogP contribution is -2.60. The lowest BCUT2D eigenvalue weighted by atomic mass is 9.87. The lowest BCUT2D eigenvalue weighted by Gasteiger charge is -2.45. The van der Waals surface area contributed by atoms with Gasteiger partial charge in [0.05, 0.1) is 10.5 Å². The largest absolute Gasteiger partial charge is 0.508 e. The molecule has 144 valence electrons. The highest BCUT2D eigenvalue weighted by Gasteiger charge is 2.48. The Hall–Kier alpha value is -1.76. The van der Waals surface area contributed by atoms with E-state index in [0.29, 0.717) is 19.6 Å². The Morgan fingerprint density at radius 1 is 1.23 bits per heavy atom. The number of aromatic hydroxyl groups is 1. The maximum Gasteiger partial charge on any atom is 0.193 e. The van der Waals surface area contributed by atoms with Crippen LogP contribution < -0.4 is 5.32 Å². The zero-order valence-electron chi connectivity index (χ0n) is 15.4. The van der Waals surface area contributed by atoms with E-state index in [1.165, 1.54) is 0 Å². The first-order valence-corrected chi connectivity index (χ1v) is 11.1. The standard InChI is InChI=1S/C19H29N3O3S/c1-20-18(21-12-9-16-5-7-17(23)8-6-16)22-13-14-26(24,25)19(15-22)10-3-2-4-11-19/h5-8,23H,2-4,9-15H2,1H3,(H,20,21). The molecule has 1 heterocycles. The second-order valence-electron chi connectivity index (χ2n) is 7.37. The van der Waals surface area contributed by atoms with Gasteiger partial charge in [0, 0.05) is 26.7 Å². The van der Waals surface area contributed by atoms with Crippen molar-refractivity contribution in [2.45, 2.75) is 43.3 Å². The molecule has 0 unspecified atom stereocenters. The Morgan fingerprint density at radius 2 is 1.92 bits per heavy atom. The molecule has 2 N–H and O–H groups in total. The maximum absolute atomic E-state index is 12.7. The lowest BCUT2D eigenvalue weighted by molar-refractivity contribution is 0.274. The molecule has 1 aromatic rings. The molecule has 1 aliphatic heterocycles. The SMILES string of the molecule is CN=C(NCCc1ccc(O)cc1)N1CCS(=O)(=O)C2(CCCCC2)C1. The maximum atomic E-state index is 12.7. The van der Waals surface area contributed by atoms with Crippen molar-refractivity contribution in [3.8, 4) is 5.75 Å². The van der Waals surface area contributed by atoms with Crippen LogP contribution in [0.5, 0.6) is 5.75 Å². The molecule has 1 spiro atoms. The molecule has 1 saturated heterocycles. The van der Waals surface area contributed by atoms with Crippen molar-refractivity contribution in [2.24, 2.45) is 4.99 Å². The van der Waals surface area contributed by atoms with Gasteiger partial charge in [-0.25, -0.2) is 8.42 Å². The van der Waals surface area contributed by atoms with Crippen LogP contribution >= 0.6 is 0 Å². The third kappa shape index (κ3) is 3.98. The van der Waals surface area contributed by atoms with E-state index in [1.54, 1.807) is 19.2 Å². The highest BCUT2D eigenvalue weighted by Crippen LogP contribution is 2.38. The number of nitrogens with zero attached hydrogens (tertiary/aromatic N) is 2. The summed E-state index contributed by atoms with van der Waals surface area (Å²) in [6.45, 7) is 1.77. The minimum atomic E-state index is -3.04. The fourth-order valence-electron chi connectivity index (χ4n) is 4.13. The normalized spacial score (nSPS) is 22.3. The molecule has 0 atom stereocenters. The zero-order valence-corrected chi connectivity index (χ0v) is 16.3. The average molecular weight is 380 g/mol. The number of aliphatic imine (C=N–C) groups is 1. The molecule has 0 bridgehead atoms. The molecule has 7 heteroatoms. The van der Waals surface area contributed by atoms with Gasteiger partial charge in [-0.05, 0) is 37.0 Å². The average Bonchev–Trinajstić information content (AvgIpc) is 2.64. The Bertz CT molecular complexity index is 738. The van der Waals surface area contributed by atoms with Gasteiger partial charge in [-0.2, -0.15) is 0 Å². The van der Waals surface area contributed by atoms with Crippen LogP contribution in [0.4, 0.5) is 0 Å². The summed E-state index contributed by atoms with van der Waals surface area (Å²) < 4.78 is 24.9. The highest BCUT2D eigenvalue weighted by molar-refractivity contribution is 7.92. The molecule has 1 aromatic carbocycles. The molecule has 0 radical (unpaired) electrons. The third-order valence-electron chi connectivity index (χ3n) is 5.68. The molecular formula is C19H29N3O3S. The first-order chi connectivity index (χ1) is 12.5. The molecule has 0 aromatic heterocycles. The number of hydrogen-bond acceptors (Lipinski definition) is 4. The van der Waals surface area contributed by atoms with Crippen molar-refractivity contribution in [1.82, 2.24) is 10.2 Å². The van der Waals surface area contributed by atoms with E-state index in [-0.39, 0.29) is 11.5 Å². The number of phenols is 1. The van der Waals surface area contributed by atoms with Crippen molar-refractivity contribution >= 4 is 15.8 Å². The first-order valence-electron chi connectivity index (χ1n) is 9.42. The topological polar surface area (TPSA) is 82.0 Å². The molecule has 26 heavy (non-hydrogen) atoms. The van der Waals surface area contributed by atoms with Gasteiger partial charge in [-0.3, -0.25) is 4.99 Å². The molecular weight excluding hydrogens is 350 g/mol. The van der Waals surface area contributed by atoms with Crippen LogP contribution in [-0.2, 0) is 16.3 Å². The highest BCUT2D eigenvalue weighted by atomic mass is 32.2. The van der Waals surface area contributed by atoms with Gasteiger partial charge in [0.25, 0.3) is 0 Å². The second-order valence-corrected chi connectivity index (χ2v) is 9.88. The summed E-state index contributed by atoms with van der Waals surface area (Å²) in [7, 11) is -1.29. The molecule has 0 amide bonds. The summed E-state index contributed by atoms with van der Waals surface area (Å²) in [6.07, 6.45) is 5.50. The number of guanidine groups is 1. The quantitative estimate of drug-likeness (QED) is 0.620. The monoisotopic (exact) mass is 379 g/mol. The Balaban J connectivity index is 1.62. The van der Waals surface area contributed by atoms with Gasteiger partial charge in [0.2, 0.25) is 0 Å². The fourth-order valence-corrected chi connectivity index (χ4v) is 6.29. The predicted octanol–water partition coefficient (Wildman–Crippen LogP) is 1.94. The first kappa shape index (κ1) is 19.0. The van der Waals surface area contributed by atoms with E-state index in [0.717, 1.165) is 50.0 Å². The summed E-state index contributed by atoms with van der Waals surface area (Å²) in [4.78, 5) is 6.49. The van der Waals surface area contributed by atoms with Crippen LogP contribution in [0.25, 0.3) is 0 Å². The molecule has 2 aliphatic rings. The van der Waals surface area contributed by atoms with Crippen molar-refractivity contribution < 1.29 is 13.5 Å². The van der Waals surface area contributed by atoms with Gasteiger partial charge in [-0.1, -0.05) is 31.4 Å². The van der Waals surface area contributed by atoms with Crippen LogP contribution in [0.2, 0.25) is 0 Å². The van der Waals surface area contributed by atoms with Gasteiger partial charge < -0.3 is 15.3 Å². The van der Waals surface area contributed by atoms with Crippen molar-refractivity contribution in [3.05, 3.63) is 29.8 Å².